The molecule has 1 aromatic rings. The van der Waals surface area contributed by atoms with Crippen LogP contribution in [0.25, 0.3) is 0 Å². The molecule has 1 aromatic carbocycles. The van der Waals surface area contributed by atoms with E-state index in [4.69, 9.17) is 15.9 Å². The molecule has 0 atom stereocenters. The fourth-order valence-electron chi connectivity index (χ4n) is 3.06. The van der Waals surface area contributed by atoms with Gasteiger partial charge in [0.2, 0.25) is 5.91 Å². The first-order valence-corrected chi connectivity index (χ1v) is 8.24. The van der Waals surface area contributed by atoms with Crippen molar-refractivity contribution in [2.75, 3.05) is 50.0 Å². The number of anilines is 2. The van der Waals surface area contributed by atoms with Gasteiger partial charge in [0, 0.05) is 44.0 Å². The molecule has 1 saturated heterocycles. The Balaban J connectivity index is 1.81. The maximum absolute atomic E-state index is 12.3. The van der Waals surface area contributed by atoms with E-state index in [1.165, 1.54) is 5.69 Å². The van der Waals surface area contributed by atoms with Gasteiger partial charge < -0.3 is 25.7 Å². The Morgan fingerprint density at radius 1 is 1.13 bits per heavy atom. The summed E-state index contributed by atoms with van der Waals surface area (Å²) in [7, 11) is 0. The highest BCUT2D eigenvalue weighted by atomic mass is 16.3. The molecule has 2 rings (SSSR count). The van der Waals surface area contributed by atoms with Crippen molar-refractivity contribution in [2.45, 2.75) is 19.3 Å². The molecule has 1 aliphatic heterocycles. The molecule has 0 aliphatic carbocycles. The van der Waals surface area contributed by atoms with Crippen molar-refractivity contribution in [3.8, 4) is 0 Å². The summed E-state index contributed by atoms with van der Waals surface area (Å²) in [6.07, 6.45) is 2.44. The van der Waals surface area contributed by atoms with Gasteiger partial charge in [0.05, 0.1) is 13.2 Å². The number of rotatable bonds is 7. The average Bonchev–Trinajstić information content (AvgIpc) is 2.56. The van der Waals surface area contributed by atoms with Gasteiger partial charge >= 0.3 is 0 Å². The van der Waals surface area contributed by atoms with Crippen LogP contribution in [-0.4, -0.2) is 60.4 Å². The summed E-state index contributed by atoms with van der Waals surface area (Å²) in [6, 6.07) is 7.88. The van der Waals surface area contributed by atoms with Crippen LogP contribution in [0.5, 0.6) is 0 Å². The van der Waals surface area contributed by atoms with Crippen molar-refractivity contribution in [3.05, 3.63) is 24.3 Å². The summed E-state index contributed by atoms with van der Waals surface area (Å²) in [5.74, 6) is 0.395. The highest BCUT2D eigenvalue weighted by molar-refractivity contribution is 5.76. The highest BCUT2D eigenvalue weighted by Crippen LogP contribution is 2.26. The summed E-state index contributed by atoms with van der Waals surface area (Å²) in [6.45, 7) is 2.32. The van der Waals surface area contributed by atoms with Gasteiger partial charge in [0.1, 0.15) is 0 Å². The molecule has 0 spiro atoms. The zero-order chi connectivity index (χ0) is 16.7. The van der Waals surface area contributed by atoms with Crippen LogP contribution in [0, 0.1) is 5.92 Å². The van der Waals surface area contributed by atoms with Crippen LogP contribution in [0.1, 0.15) is 19.3 Å². The first-order valence-electron chi connectivity index (χ1n) is 8.24. The number of piperidine rings is 1. The van der Waals surface area contributed by atoms with Crippen molar-refractivity contribution in [1.29, 1.82) is 0 Å². The Hall–Kier alpha value is -1.79. The second-order valence-electron chi connectivity index (χ2n) is 6.05. The first kappa shape index (κ1) is 17.6. The maximum Gasteiger partial charge on any atom is 0.223 e. The van der Waals surface area contributed by atoms with E-state index in [9.17, 15) is 4.79 Å². The third kappa shape index (κ3) is 5.11. The lowest BCUT2D eigenvalue weighted by Crippen LogP contribution is -2.39. The number of carbonyl (C=O) groups excluding carboxylic acids is 1. The van der Waals surface area contributed by atoms with Gasteiger partial charge in [-0.1, -0.05) is 0 Å². The van der Waals surface area contributed by atoms with E-state index in [2.05, 4.69) is 4.90 Å². The molecule has 0 aromatic heterocycles. The van der Waals surface area contributed by atoms with Crippen LogP contribution in [0.2, 0.25) is 0 Å². The summed E-state index contributed by atoms with van der Waals surface area (Å²) >= 11 is 0. The largest absolute Gasteiger partial charge is 0.399 e. The van der Waals surface area contributed by atoms with Crippen LogP contribution >= 0.6 is 0 Å². The number of aliphatic hydroxyl groups is 2. The number of benzene rings is 1. The van der Waals surface area contributed by atoms with Crippen LogP contribution in [0.4, 0.5) is 11.4 Å². The maximum atomic E-state index is 12.3. The normalized spacial score (nSPS) is 15.7. The molecule has 1 fully saturated rings. The van der Waals surface area contributed by atoms with Crippen LogP contribution in [0.3, 0.4) is 0 Å². The SMILES string of the molecule is Nc1ccc(N2CCC(CC(=O)N(CCO)CCO)CC2)cc1. The molecule has 6 heteroatoms. The zero-order valence-corrected chi connectivity index (χ0v) is 13.5. The number of nitrogens with zero attached hydrogens (tertiary/aromatic N) is 2. The van der Waals surface area contributed by atoms with E-state index in [0.717, 1.165) is 31.6 Å². The molecule has 1 amide bonds. The van der Waals surface area contributed by atoms with E-state index in [-0.39, 0.29) is 19.1 Å². The lowest BCUT2D eigenvalue weighted by atomic mass is 9.92. The Kier molecular flexibility index (Phi) is 6.67. The molecular weight excluding hydrogens is 294 g/mol. The van der Waals surface area contributed by atoms with Crippen LogP contribution in [0.15, 0.2) is 24.3 Å². The minimum absolute atomic E-state index is 0.0269. The lowest BCUT2D eigenvalue weighted by Gasteiger charge is -2.34. The first-order chi connectivity index (χ1) is 11.1. The van der Waals surface area contributed by atoms with E-state index >= 15 is 0 Å². The number of hydrogen-bond donors (Lipinski definition) is 3. The minimum Gasteiger partial charge on any atom is -0.399 e. The van der Waals surface area contributed by atoms with E-state index in [0.29, 0.717) is 25.4 Å². The summed E-state index contributed by atoms with van der Waals surface area (Å²) in [5.41, 5.74) is 7.65. The third-order valence-corrected chi connectivity index (χ3v) is 4.43. The fourth-order valence-corrected chi connectivity index (χ4v) is 3.06. The molecular formula is C17H27N3O3. The highest BCUT2D eigenvalue weighted by Gasteiger charge is 2.23. The molecule has 0 unspecified atom stereocenters. The van der Waals surface area contributed by atoms with E-state index in [1.54, 1.807) is 4.90 Å². The molecule has 1 heterocycles. The van der Waals surface area contributed by atoms with Gasteiger partial charge in [-0.05, 0) is 43.0 Å². The number of amides is 1. The van der Waals surface area contributed by atoms with Gasteiger partial charge in [-0.3, -0.25) is 4.79 Å². The average molecular weight is 321 g/mol. The van der Waals surface area contributed by atoms with Crippen molar-refractivity contribution in [2.24, 2.45) is 5.92 Å². The Labute approximate surface area is 137 Å². The van der Waals surface area contributed by atoms with Gasteiger partial charge in [0.15, 0.2) is 0 Å². The number of hydrogen-bond acceptors (Lipinski definition) is 5. The van der Waals surface area contributed by atoms with Crippen molar-refractivity contribution in [3.63, 3.8) is 0 Å². The predicted molar refractivity (Wildman–Crippen MR) is 91.2 cm³/mol. The second-order valence-corrected chi connectivity index (χ2v) is 6.05. The van der Waals surface area contributed by atoms with Crippen LogP contribution in [-0.2, 0) is 4.79 Å². The molecule has 0 radical (unpaired) electrons. The Bertz CT molecular complexity index is 478. The number of carbonyl (C=O) groups is 1. The lowest BCUT2D eigenvalue weighted by molar-refractivity contribution is -0.133. The summed E-state index contributed by atoms with van der Waals surface area (Å²) < 4.78 is 0. The van der Waals surface area contributed by atoms with Crippen molar-refractivity contribution in [1.82, 2.24) is 4.90 Å². The quantitative estimate of drug-likeness (QED) is 0.643. The van der Waals surface area contributed by atoms with Gasteiger partial charge in [-0.15, -0.1) is 0 Å². The van der Waals surface area contributed by atoms with Crippen molar-refractivity contribution < 1.29 is 15.0 Å². The van der Waals surface area contributed by atoms with E-state index < -0.39 is 0 Å². The second kappa shape index (κ2) is 8.74. The van der Waals surface area contributed by atoms with Gasteiger partial charge in [0.25, 0.3) is 0 Å². The number of aliphatic hydroxyl groups excluding tert-OH is 2. The zero-order valence-electron chi connectivity index (χ0n) is 13.5. The third-order valence-electron chi connectivity index (χ3n) is 4.43. The monoisotopic (exact) mass is 321 g/mol. The molecule has 23 heavy (non-hydrogen) atoms. The van der Waals surface area contributed by atoms with Crippen LogP contribution < -0.4 is 10.6 Å². The summed E-state index contributed by atoms with van der Waals surface area (Å²) in [5, 5.41) is 18.0. The van der Waals surface area contributed by atoms with Gasteiger partial charge in [-0.2, -0.15) is 0 Å². The fraction of sp³-hybridized carbons (Fsp3) is 0.588. The standard InChI is InChI=1S/C17H27N3O3/c18-15-1-3-16(4-2-15)19-7-5-14(6-8-19)13-17(23)20(9-11-21)10-12-22/h1-4,14,21-22H,5-13,18H2. The number of nitrogen functional groups attached to an aromatic ring is 1. The molecule has 128 valence electrons. The molecule has 4 N–H and O–H groups in total. The summed E-state index contributed by atoms with van der Waals surface area (Å²) in [4.78, 5) is 16.1. The number of nitrogens with two attached hydrogens (primary N) is 1. The topological polar surface area (TPSA) is 90.0 Å². The predicted octanol–water partition coefficient (Wildman–Crippen LogP) is 0.689. The smallest absolute Gasteiger partial charge is 0.223 e. The molecule has 6 nitrogen and oxygen atoms in total. The molecule has 0 saturated carbocycles. The Morgan fingerprint density at radius 3 is 2.22 bits per heavy atom. The van der Waals surface area contributed by atoms with Crippen molar-refractivity contribution >= 4 is 17.3 Å². The minimum atomic E-state index is -0.0681. The van der Waals surface area contributed by atoms with E-state index in [1.807, 2.05) is 24.3 Å². The van der Waals surface area contributed by atoms with Gasteiger partial charge in [-0.25, -0.2) is 0 Å². The Morgan fingerprint density at radius 2 is 1.70 bits per heavy atom. The molecule has 0 bridgehead atoms. The molecule has 1 aliphatic rings.